The van der Waals surface area contributed by atoms with Gasteiger partial charge in [-0.15, -0.1) is 11.3 Å². The van der Waals surface area contributed by atoms with Crippen molar-refractivity contribution < 1.29 is 9.53 Å². The number of fused-ring (bicyclic) bond motifs is 1. The first-order chi connectivity index (χ1) is 10.2. The monoisotopic (exact) mass is 317 g/mol. The van der Waals surface area contributed by atoms with Crippen LogP contribution in [0.1, 0.15) is 9.67 Å². The number of thiophene rings is 1. The first-order valence-corrected chi connectivity index (χ1v) is 7.51. The van der Waals surface area contributed by atoms with Crippen molar-refractivity contribution in [2.24, 2.45) is 0 Å². The first-order valence-electron chi connectivity index (χ1n) is 6.31. The van der Waals surface area contributed by atoms with Crippen molar-refractivity contribution >= 4 is 44.6 Å². The third-order valence-electron chi connectivity index (χ3n) is 3.07. The van der Waals surface area contributed by atoms with Crippen LogP contribution in [-0.4, -0.2) is 13.0 Å². The molecule has 3 rings (SSSR count). The van der Waals surface area contributed by atoms with E-state index in [1.807, 2.05) is 48.5 Å². The number of anilines is 1. The van der Waals surface area contributed by atoms with Gasteiger partial charge in [0.15, 0.2) is 0 Å². The fourth-order valence-electron chi connectivity index (χ4n) is 2.03. The summed E-state index contributed by atoms with van der Waals surface area (Å²) in [6.45, 7) is 0. The number of benzene rings is 2. The molecule has 3 nitrogen and oxygen atoms in total. The number of hydrogen-bond donors (Lipinski definition) is 1. The molecule has 2 aromatic carbocycles. The fraction of sp³-hybridized carbons (Fsp3) is 0.0625. The smallest absolute Gasteiger partial charge is 0.267 e. The lowest BCUT2D eigenvalue weighted by Crippen LogP contribution is -2.10. The van der Waals surface area contributed by atoms with Crippen LogP contribution in [0.4, 0.5) is 5.69 Å². The van der Waals surface area contributed by atoms with Gasteiger partial charge in [-0.1, -0.05) is 29.8 Å². The Bertz CT molecular complexity index is 799. The maximum Gasteiger partial charge on any atom is 0.267 e. The maximum absolute atomic E-state index is 12.3. The number of carbonyl (C=O) groups excluding carboxylic acids is 1. The number of methoxy groups -OCH3 is 1. The van der Waals surface area contributed by atoms with E-state index in [9.17, 15) is 4.79 Å². The highest BCUT2D eigenvalue weighted by atomic mass is 35.5. The summed E-state index contributed by atoms with van der Waals surface area (Å²) in [5.41, 5.74) is 0.744. The molecule has 0 aliphatic heterocycles. The molecule has 1 heterocycles. The van der Waals surface area contributed by atoms with Gasteiger partial charge in [0, 0.05) is 15.8 Å². The fourth-order valence-corrected chi connectivity index (χ4v) is 3.41. The zero-order valence-electron chi connectivity index (χ0n) is 11.2. The Morgan fingerprint density at radius 1 is 1.19 bits per heavy atom. The quantitative estimate of drug-likeness (QED) is 0.752. The number of para-hydroxylation sites is 1. The van der Waals surface area contributed by atoms with Crippen molar-refractivity contribution in [3.05, 3.63) is 58.4 Å². The predicted molar refractivity (Wildman–Crippen MR) is 87.8 cm³/mol. The molecule has 0 unspecified atom stereocenters. The van der Waals surface area contributed by atoms with E-state index < -0.39 is 0 Å². The van der Waals surface area contributed by atoms with Gasteiger partial charge in [-0.2, -0.15) is 0 Å². The van der Waals surface area contributed by atoms with E-state index in [0.717, 1.165) is 21.5 Å². The molecule has 1 amide bonds. The standard InChI is InChI=1S/C16H12ClNO2S/c1-20-11-7-8-13-12(9-11)14(17)15(21-13)16(19)18-10-5-3-2-4-6-10/h2-9H,1H3,(H,18,19). The molecule has 0 atom stereocenters. The Balaban J connectivity index is 1.96. The Kier molecular flexibility index (Phi) is 3.82. The van der Waals surface area contributed by atoms with Crippen LogP contribution in [-0.2, 0) is 0 Å². The maximum atomic E-state index is 12.3. The van der Waals surface area contributed by atoms with Gasteiger partial charge in [0.1, 0.15) is 10.6 Å². The lowest BCUT2D eigenvalue weighted by molar-refractivity contribution is 0.103. The minimum absolute atomic E-state index is 0.202. The summed E-state index contributed by atoms with van der Waals surface area (Å²) in [5, 5.41) is 4.14. The van der Waals surface area contributed by atoms with Gasteiger partial charge in [-0.05, 0) is 30.3 Å². The molecule has 0 aliphatic rings. The summed E-state index contributed by atoms with van der Waals surface area (Å²) in [7, 11) is 1.60. The van der Waals surface area contributed by atoms with Crippen molar-refractivity contribution in [3.63, 3.8) is 0 Å². The summed E-state index contributed by atoms with van der Waals surface area (Å²) in [5.74, 6) is 0.517. The largest absolute Gasteiger partial charge is 0.497 e. The van der Waals surface area contributed by atoms with Crippen LogP contribution in [0.15, 0.2) is 48.5 Å². The number of halogens is 1. The molecule has 5 heteroatoms. The Morgan fingerprint density at radius 3 is 2.67 bits per heavy atom. The van der Waals surface area contributed by atoms with Gasteiger partial charge in [0.2, 0.25) is 0 Å². The molecular formula is C16H12ClNO2S. The van der Waals surface area contributed by atoms with Crippen LogP contribution < -0.4 is 10.1 Å². The molecule has 3 aromatic rings. The zero-order valence-corrected chi connectivity index (χ0v) is 12.8. The van der Waals surface area contributed by atoms with Gasteiger partial charge in [-0.25, -0.2) is 0 Å². The Labute approximate surface area is 131 Å². The summed E-state index contributed by atoms with van der Waals surface area (Å²) < 4.78 is 6.15. The Morgan fingerprint density at radius 2 is 1.95 bits per heavy atom. The molecule has 21 heavy (non-hydrogen) atoms. The zero-order chi connectivity index (χ0) is 14.8. The van der Waals surface area contributed by atoms with Crippen molar-refractivity contribution in [2.75, 3.05) is 12.4 Å². The number of hydrogen-bond acceptors (Lipinski definition) is 3. The first kappa shape index (κ1) is 13.9. The van der Waals surface area contributed by atoms with Crippen LogP contribution in [0, 0.1) is 0 Å². The highest BCUT2D eigenvalue weighted by molar-refractivity contribution is 7.21. The number of amides is 1. The average Bonchev–Trinajstić information content (AvgIpc) is 2.85. The van der Waals surface area contributed by atoms with E-state index in [1.165, 1.54) is 11.3 Å². The third-order valence-corrected chi connectivity index (χ3v) is 4.75. The van der Waals surface area contributed by atoms with E-state index in [1.54, 1.807) is 7.11 Å². The molecule has 0 spiro atoms. The molecule has 1 aromatic heterocycles. The minimum Gasteiger partial charge on any atom is -0.497 e. The summed E-state index contributed by atoms with van der Waals surface area (Å²) in [4.78, 5) is 12.8. The molecule has 106 valence electrons. The molecule has 0 bridgehead atoms. The normalized spacial score (nSPS) is 10.6. The number of ether oxygens (including phenoxy) is 1. The second-order valence-corrected chi connectivity index (χ2v) is 5.86. The number of carbonyl (C=O) groups is 1. The van der Waals surface area contributed by atoms with Crippen molar-refractivity contribution in [1.29, 1.82) is 0 Å². The van der Waals surface area contributed by atoms with Crippen molar-refractivity contribution in [2.45, 2.75) is 0 Å². The lowest BCUT2D eigenvalue weighted by atomic mass is 10.2. The van der Waals surface area contributed by atoms with Crippen molar-refractivity contribution in [3.8, 4) is 5.75 Å². The van der Waals surface area contributed by atoms with Gasteiger partial charge in [0.05, 0.1) is 12.1 Å². The van der Waals surface area contributed by atoms with Gasteiger partial charge in [-0.3, -0.25) is 4.79 Å². The van der Waals surface area contributed by atoms with E-state index >= 15 is 0 Å². The topological polar surface area (TPSA) is 38.3 Å². The van der Waals surface area contributed by atoms with Crippen LogP contribution in [0.25, 0.3) is 10.1 Å². The Hall–Kier alpha value is -2.04. The van der Waals surface area contributed by atoms with Gasteiger partial charge >= 0.3 is 0 Å². The minimum atomic E-state index is -0.202. The van der Waals surface area contributed by atoms with Crippen LogP contribution in [0.3, 0.4) is 0 Å². The van der Waals surface area contributed by atoms with Gasteiger partial charge in [0.25, 0.3) is 5.91 Å². The SMILES string of the molecule is COc1ccc2sc(C(=O)Nc3ccccc3)c(Cl)c2c1. The van der Waals surface area contributed by atoms with E-state index in [-0.39, 0.29) is 5.91 Å². The number of nitrogens with one attached hydrogen (secondary N) is 1. The molecule has 0 radical (unpaired) electrons. The van der Waals surface area contributed by atoms with Gasteiger partial charge < -0.3 is 10.1 Å². The van der Waals surface area contributed by atoms with E-state index in [0.29, 0.717) is 9.90 Å². The molecule has 1 N–H and O–H groups in total. The molecule has 0 saturated heterocycles. The highest BCUT2D eigenvalue weighted by Crippen LogP contribution is 2.37. The van der Waals surface area contributed by atoms with E-state index in [4.69, 9.17) is 16.3 Å². The van der Waals surface area contributed by atoms with Crippen LogP contribution in [0.5, 0.6) is 5.75 Å². The molecule has 0 fully saturated rings. The van der Waals surface area contributed by atoms with Crippen LogP contribution >= 0.6 is 22.9 Å². The lowest BCUT2D eigenvalue weighted by Gasteiger charge is -2.03. The van der Waals surface area contributed by atoms with E-state index in [2.05, 4.69) is 5.32 Å². The summed E-state index contributed by atoms with van der Waals surface area (Å²) in [6.07, 6.45) is 0. The highest BCUT2D eigenvalue weighted by Gasteiger charge is 2.17. The molecule has 0 aliphatic carbocycles. The summed E-state index contributed by atoms with van der Waals surface area (Å²) in [6, 6.07) is 14.9. The predicted octanol–water partition coefficient (Wildman–Crippen LogP) is 4.82. The van der Waals surface area contributed by atoms with Crippen LogP contribution in [0.2, 0.25) is 5.02 Å². The summed E-state index contributed by atoms with van der Waals surface area (Å²) >= 11 is 7.71. The third kappa shape index (κ3) is 2.73. The van der Waals surface area contributed by atoms with Crippen molar-refractivity contribution in [1.82, 2.24) is 0 Å². The molecule has 0 saturated carbocycles. The molecular weight excluding hydrogens is 306 g/mol. The number of rotatable bonds is 3. The second-order valence-electron chi connectivity index (χ2n) is 4.43. The second kappa shape index (κ2) is 5.76. The average molecular weight is 318 g/mol.